The van der Waals surface area contributed by atoms with E-state index in [0.29, 0.717) is 6.04 Å². The minimum Gasteiger partial charge on any atom is -0.483 e. The van der Waals surface area contributed by atoms with Crippen LogP contribution < -0.4 is 10.1 Å². The monoisotopic (exact) mass is 248 g/mol. The molecular formula is C14H20N2O2. The molecule has 18 heavy (non-hydrogen) atoms. The lowest BCUT2D eigenvalue weighted by Gasteiger charge is -2.14. The maximum absolute atomic E-state index is 11.5. The predicted octanol–water partition coefficient (Wildman–Crippen LogP) is 1.41. The Labute approximate surface area is 108 Å². The summed E-state index contributed by atoms with van der Waals surface area (Å²) in [5.74, 6) is 0.765. The number of nitrogens with one attached hydrogen (secondary N) is 1. The SMILES string of the molecule is CN(C)C(=O)COc1ccccc1CNC1CC1. The fourth-order valence-electron chi connectivity index (χ4n) is 1.60. The van der Waals surface area contributed by atoms with Gasteiger partial charge in [0.05, 0.1) is 0 Å². The van der Waals surface area contributed by atoms with Crippen LogP contribution in [0, 0.1) is 0 Å². The van der Waals surface area contributed by atoms with E-state index in [4.69, 9.17) is 4.74 Å². The van der Waals surface area contributed by atoms with Crippen molar-refractivity contribution in [3.8, 4) is 5.75 Å². The van der Waals surface area contributed by atoms with Crippen LogP contribution >= 0.6 is 0 Å². The highest BCUT2D eigenvalue weighted by atomic mass is 16.5. The lowest BCUT2D eigenvalue weighted by molar-refractivity contribution is -0.130. The Bertz CT molecular complexity index is 414. The Balaban J connectivity index is 1.91. The summed E-state index contributed by atoms with van der Waals surface area (Å²) in [5.41, 5.74) is 1.11. The molecule has 98 valence electrons. The zero-order valence-corrected chi connectivity index (χ0v) is 11.0. The van der Waals surface area contributed by atoms with Crippen molar-refractivity contribution in [2.24, 2.45) is 0 Å². The van der Waals surface area contributed by atoms with Crippen molar-refractivity contribution in [2.45, 2.75) is 25.4 Å². The van der Waals surface area contributed by atoms with Gasteiger partial charge in [-0.05, 0) is 18.9 Å². The largest absolute Gasteiger partial charge is 0.483 e. The molecule has 0 radical (unpaired) electrons. The lowest BCUT2D eigenvalue weighted by Crippen LogP contribution is -2.28. The second-order valence-corrected chi connectivity index (χ2v) is 4.84. The quantitative estimate of drug-likeness (QED) is 0.827. The molecule has 1 aliphatic carbocycles. The van der Waals surface area contributed by atoms with Crippen LogP contribution in [0.15, 0.2) is 24.3 Å². The maximum atomic E-state index is 11.5. The van der Waals surface area contributed by atoms with Crippen LogP contribution in [0.25, 0.3) is 0 Å². The average molecular weight is 248 g/mol. The van der Waals surface area contributed by atoms with Gasteiger partial charge in [0, 0.05) is 32.2 Å². The minimum atomic E-state index is -0.0278. The molecule has 0 heterocycles. The van der Waals surface area contributed by atoms with Crippen molar-refractivity contribution in [1.29, 1.82) is 0 Å². The number of para-hydroxylation sites is 1. The van der Waals surface area contributed by atoms with Crippen molar-refractivity contribution in [3.05, 3.63) is 29.8 Å². The van der Waals surface area contributed by atoms with Crippen molar-refractivity contribution < 1.29 is 9.53 Å². The fourth-order valence-corrected chi connectivity index (χ4v) is 1.60. The van der Waals surface area contributed by atoms with Gasteiger partial charge >= 0.3 is 0 Å². The van der Waals surface area contributed by atoms with Gasteiger partial charge in [0.2, 0.25) is 0 Å². The van der Waals surface area contributed by atoms with Crippen LogP contribution in [-0.2, 0) is 11.3 Å². The van der Waals surface area contributed by atoms with E-state index in [9.17, 15) is 4.79 Å². The predicted molar refractivity (Wildman–Crippen MR) is 70.5 cm³/mol. The summed E-state index contributed by atoms with van der Waals surface area (Å²) >= 11 is 0. The first-order valence-corrected chi connectivity index (χ1v) is 6.31. The van der Waals surface area contributed by atoms with Gasteiger partial charge in [-0.25, -0.2) is 0 Å². The van der Waals surface area contributed by atoms with Gasteiger partial charge in [0.1, 0.15) is 5.75 Å². The van der Waals surface area contributed by atoms with Gasteiger partial charge in [-0.15, -0.1) is 0 Å². The van der Waals surface area contributed by atoms with Crippen LogP contribution in [0.4, 0.5) is 0 Å². The van der Waals surface area contributed by atoms with Crippen molar-refractivity contribution in [1.82, 2.24) is 10.2 Å². The second kappa shape index (κ2) is 5.87. The van der Waals surface area contributed by atoms with Crippen LogP contribution in [0.2, 0.25) is 0 Å². The minimum absolute atomic E-state index is 0.0278. The zero-order chi connectivity index (χ0) is 13.0. The molecule has 1 aliphatic rings. The van der Waals surface area contributed by atoms with Gasteiger partial charge in [-0.3, -0.25) is 4.79 Å². The second-order valence-electron chi connectivity index (χ2n) is 4.84. The molecule has 0 atom stereocenters. The highest BCUT2D eigenvalue weighted by Gasteiger charge is 2.20. The van der Waals surface area contributed by atoms with Gasteiger partial charge in [0.25, 0.3) is 5.91 Å². The van der Waals surface area contributed by atoms with E-state index in [1.54, 1.807) is 14.1 Å². The molecule has 2 rings (SSSR count). The number of hydrogen-bond donors (Lipinski definition) is 1. The molecule has 1 aromatic rings. The topological polar surface area (TPSA) is 41.6 Å². The number of rotatable bonds is 6. The number of nitrogens with zero attached hydrogens (tertiary/aromatic N) is 1. The van der Waals surface area contributed by atoms with Gasteiger partial charge in [0.15, 0.2) is 6.61 Å². The van der Waals surface area contributed by atoms with Gasteiger partial charge in [-0.1, -0.05) is 18.2 Å². The van der Waals surface area contributed by atoms with E-state index >= 15 is 0 Å². The Morgan fingerprint density at radius 2 is 2.11 bits per heavy atom. The number of hydrogen-bond acceptors (Lipinski definition) is 3. The normalized spacial score (nSPS) is 14.3. The van der Waals surface area contributed by atoms with E-state index in [2.05, 4.69) is 5.32 Å². The summed E-state index contributed by atoms with van der Waals surface area (Å²) in [4.78, 5) is 13.0. The molecule has 0 aliphatic heterocycles. The van der Waals surface area contributed by atoms with E-state index in [0.717, 1.165) is 17.9 Å². The summed E-state index contributed by atoms with van der Waals surface area (Å²) in [6.45, 7) is 0.893. The molecular weight excluding hydrogens is 228 g/mol. The van der Waals surface area contributed by atoms with Crippen LogP contribution in [0.3, 0.4) is 0 Å². The molecule has 4 heteroatoms. The molecule has 1 saturated carbocycles. The summed E-state index contributed by atoms with van der Waals surface area (Å²) in [6, 6.07) is 8.53. The van der Waals surface area contributed by atoms with Gasteiger partial charge in [-0.2, -0.15) is 0 Å². The van der Waals surface area contributed by atoms with Crippen LogP contribution in [-0.4, -0.2) is 37.6 Å². The highest BCUT2D eigenvalue weighted by molar-refractivity contribution is 5.77. The molecule has 1 fully saturated rings. The highest BCUT2D eigenvalue weighted by Crippen LogP contribution is 2.22. The molecule has 0 saturated heterocycles. The van der Waals surface area contributed by atoms with E-state index < -0.39 is 0 Å². The number of benzene rings is 1. The smallest absolute Gasteiger partial charge is 0.259 e. The van der Waals surface area contributed by atoms with Gasteiger partial charge < -0.3 is 15.0 Å². The van der Waals surface area contributed by atoms with Crippen molar-refractivity contribution >= 4 is 5.91 Å². The first kappa shape index (κ1) is 12.9. The molecule has 0 spiro atoms. The number of likely N-dealkylation sites (N-methyl/N-ethyl adjacent to an activating group) is 1. The number of carbonyl (C=O) groups excluding carboxylic acids is 1. The fraction of sp³-hybridized carbons (Fsp3) is 0.500. The third-order valence-electron chi connectivity index (χ3n) is 2.98. The molecule has 0 bridgehead atoms. The lowest BCUT2D eigenvalue weighted by atomic mass is 10.2. The summed E-state index contributed by atoms with van der Waals surface area (Å²) in [5, 5.41) is 3.45. The molecule has 1 N–H and O–H groups in total. The Hall–Kier alpha value is -1.55. The van der Waals surface area contributed by atoms with Crippen molar-refractivity contribution in [3.63, 3.8) is 0 Å². The first-order valence-electron chi connectivity index (χ1n) is 6.31. The van der Waals surface area contributed by atoms with E-state index in [1.807, 2.05) is 24.3 Å². The Morgan fingerprint density at radius 3 is 2.78 bits per heavy atom. The maximum Gasteiger partial charge on any atom is 0.259 e. The van der Waals surface area contributed by atoms with Crippen LogP contribution in [0.5, 0.6) is 5.75 Å². The molecule has 1 amide bonds. The van der Waals surface area contributed by atoms with Crippen molar-refractivity contribution in [2.75, 3.05) is 20.7 Å². The molecule has 1 aromatic carbocycles. The Kier molecular flexibility index (Phi) is 4.20. The zero-order valence-electron chi connectivity index (χ0n) is 11.0. The number of ether oxygens (including phenoxy) is 1. The Morgan fingerprint density at radius 1 is 1.39 bits per heavy atom. The number of carbonyl (C=O) groups is 1. The molecule has 0 unspecified atom stereocenters. The summed E-state index contributed by atoms with van der Waals surface area (Å²) < 4.78 is 5.58. The van der Waals surface area contributed by atoms with E-state index in [1.165, 1.54) is 17.7 Å². The molecule has 0 aromatic heterocycles. The summed E-state index contributed by atoms with van der Waals surface area (Å²) in [6.07, 6.45) is 2.53. The van der Waals surface area contributed by atoms with E-state index in [-0.39, 0.29) is 12.5 Å². The van der Waals surface area contributed by atoms with Crippen LogP contribution in [0.1, 0.15) is 18.4 Å². The standard InChI is InChI=1S/C14H20N2O2/c1-16(2)14(17)10-18-13-6-4-3-5-11(13)9-15-12-7-8-12/h3-6,12,15H,7-10H2,1-2H3. The first-order chi connectivity index (χ1) is 8.66. The third kappa shape index (κ3) is 3.74. The molecule has 4 nitrogen and oxygen atoms in total. The number of amides is 1. The summed E-state index contributed by atoms with van der Waals surface area (Å²) in [7, 11) is 3.46. The average Bonchev–Trinajstić information content (AvgIpc) is 3.18. The third-order valence-corrected chi connectivity index (χ3v) is 2.98.